The maximum absolute atomic E-state index is 9.27. The Balaban J connectivity index is 2.72. The van der Waals surface area contributed by atoms with Gasteiger partial charge in [-0.25, -0.2) is 0 Å². The molecule has 0 radical (unpaired) electrons. The fourth-order valence-corrected chi connectivity index (χ4v) is 0.0882. The minimum absolute atomic E-state index is 0.206. The Labute approximate surface area is 40.3 Å². The van der Waals surface area contributed by atoms with Gasteiger partial charge in [-0.2, -0.15) is 5.26 Å². The van der Waals surface area contributed by atoms with Crippen LogP contribution in [0.3, 0.4) is 0 Å². The van der Waals surface area contributed by atoms with Crippen LogP contribution in [0.1, 0.15) is 0 Å². The summed E-state index contributed by atoms with van der Waals surface area (Å²) in [6.45, 7) is -0.0860. The fraction of sp³-hybridized carbons (Fsp3) is 0.333. The summed E-state index contributed by atoms with van der Waals surface area (Å²) >= 11 is 0. The predicted molar refractivity (Wildman–Crippen MR) is 18.7 cm³/mol. The lowest BCUT2D eigenvalue weighted by molar-refractivity contribution is -0.136. The summed E-state index contributed by atoms with van der Waals surface area (Å²) in [7, 11) is 0. The molecule has 0 saturated heterocycles. The number of carbonyl (C=O) groups excluding carboxylic acids is 1. The van der Waals surface area contributed by atoms with Crippen molar-refractivity contribution < 1.29 is 14.3 Å². The number of hydrogen-bond donors (Lipinski definition) is 0. The molecule has 0 rings (SSSR count). The molecule has 0 aliphatic rings. The van der Waals surface area contributed by atoms with Crippen molar-refractivity contribution in [1.82, 2.24) is 0 Å². The minimum Gasteiger partial charge on any atom is -0.429 e. The van der Waals surface area contributed by atoms with Crippen LogP contribution >= 0.6 is 0 Å². The van der Waals surface area contributed by atoms with Crippen LogP contribution in [-0.2, 0) is 14.3 Å². The third kappa shape index (κ3) is 4.76. The van der Waals surface area contributed by atoms with E-state index in [1.54, 1.807) is 0 Å². The molecule has 0 aromatic heterocycles. The molecule has 7 heavy (non-hydrogen) atoms. The van der Waals surface area contributed by atoms with Crippen LogP contribution < -0.4 is 0 Å². The molecular weight excluding hydrogens is 98.0 g/mol. The van der Waals surface area contributed by atoms with Gasteiger partial charge in [0.05, 0.1) is 0 Å². The summed E-state index contributed by atoms with van der Waals surface area (Å²) in [4.78, 5) is 9.27. The summed E-state index contributed by atoms with van der Waals surface area (Å²) in [5, 5.41) is 7.62. The average Bonchev–Trinajstić information content (AvgIpc) is 1.69. The number of hydrogen-bond acceptors (Lipinski definition) is 4. The zero-order valence-electron chi connectivity index (χ0n) is 3.46. The molecule has 38 valence electrons. The van der Waals surface area contributed by atoms with Gasteiger partial charge in [-0.3, -0.25) is 4.79 Å². The van der Waals surface area contributed by atoms with Crippen molar-refractivity contribution in [1.29, 1.82) is 5.26 Å². The minimum atomic E-state index is -0.292. The van der Waals surface area contributed by atoms with Gasteiger partial charge in [-0.15, -0.1) is 0 Å². The summed E-state index contributed by atoms with van der Waals surface area (Å²) in [6.07, 6.45) is 1.32. The molecule has 0 heterocycles. The van der Waals surface area contributed by atoms with Gasteiger partial charge in [-0.1, -0.05) is 0 Å². The van der Waals surface area contributed by atoms with E-state index in [4.69, 9.17) is 5.26 Å². The van der Waals surface area contributed by atoms with Crippen molar-refractivity contribution in [2.24, 2.45) is 0 Å². The van der Waals surface area contributed by atoms with Crippen LogP contribution in [0.15, 0.2) is 0 Å². The Bertz CT molecular complexity index is 84.7. The van der Waals surface area contributed by atoms with E-state index in [2.05, 4.69) is 9.47 Å². The maximum Gasteiger partial charge on any atom is 0.295 e. The predicted octanol–water partition coefficient (Wildman–Crippen LogP) is -0.385. The van der Waals surface area contributed by atoms with Crippen molar-refractivity contribution in [3.8, 4) is 6.26 Å². The molecule has 4 heteroatoms. The van der Waals surface area contributed by atoms with Crippen LogP contribution in [-0.4, -0.2) is 13.3 Å². The molecule has 0 unspecified atom stereocenters. The van der Waals surface area contributed by atoms with Gasteiger partial charge in [0.15, 0.2) is 0 Å². The molecule has 4 nitrogen and oxygen atoms in total. The molecule has 0 aromatic rings. The lowest BCUT2D eigenvalue weighted by atomic mass is 11.3. The number of nitrogens with zero attached hydrogens (tertiary/aromatic N) is 1. The van der Waals surface area contributed by atoms with Gasteiger partial charge >= 0.3 is 0 Å². The molecular formula is C3H3NO3. The average molecular weight is 101 g/mol. The van der Waals surface area contributed by atoms with Crippen LogP contribution in [0.25, 0.3) is 0 Å². The van der Waals surface area contributed by atoms with Crippen molar-refractivity contribution in [2.75, 3.05) is 6.79 Å². The summed E-state index contributed by atoms with van der Waals surface area (Å²) in [6, 6.07) is 0. The van der Waals surface area contributed by atoms with E-state index in [9.17, 15) is 4.79 Å². The van der Waals surface area contributed by atoms with E-state index in [1.807, 2.05) is 0 Å². The highest BCUT2D eigenvalue weighted by atomic mass is 16.7. The van der Waals surface area contributed by atoms with Crippen molar-refractivity contribution in [3.63, 3.8) is 0 Å². The van der Waals surface area contributed by atoms with Gasteiger partial charge in [0.1, 0.15) is 0 Å². The molecule has 0 N–H and O–H groups in total. The first-order valence-electron chi connectivity index (χ1n) is 1.48. The quantitative estimate of drug-likeness (QED) is 0.210. The first kappa shape index (κ1) is 5.76. The standard InChI is InChI=1S/C3H3NO3/c4-1-6-3-7-2-5/h2H,3H2. The monoisotopic (exact) mass is 101 g/mol. The van der Waals surface area contributed by atoms with Gasteiger partial charge in [0, 0.05) is 0 Å². The second-order valence-electron chi connectivity index (χ2n) is 0.616. The topological polar surface area (TPSA) is 59.3 Å². The van der Waals surface area contributed by atoms with E-state index in [1.165, 1.54) is 6.26 Å². The Morgan fingerprint density at radius 1 is 1.86 bits per heavy atom. The Morgan fingerprint density at radius 3 is 3.00 bits per heavy atom. The summed E-state index contributed by atoms with van der Waals surface area (Å²) in [5.41, 5.74) is 0. The second kappa shape index (κ2) is 4.76. The molecule has 0 bridgehead atoms. The fourth-order valence-electron chi connectivity index (χ4n) is 0.0882. The maximum atomic E-state index is 9.27. The normalized spacial score (nSPS) is 6.14. The van der Waals surface area contributed by atoms with E-state index < -0.39 is 0 Å². The van der Waals surface area contributed by atoms with Gasteiger partial charge in [0.2, 0.25) is 6.79 Å². The third-order valence-corrected chi connectivity index (χ3v) is 0.260. The zero-order valence-corrected chi connectivity index (χ0v) is 3.46. The largest absolute Gasteiger partial charge is 0.429 e. The number of rotatable bonds is 3. The van der Waals surface area contributed by atoms with Crippen LogP contribution in [0.4, 0.5) is 0 Å². The van der Waals surface area contributed by atoms with Gasteiger partial charge < -0.3 is 9.47 Å². The summed E-state index contributed by atoms with van der Waals surface area (Å²) in [5.74, 6) is 0. The highest BCUT2D eigenvalue weighted by Gasteiger charge is 1.74. The summed E-state index contributed by atoms with van der Waals surface area (Å²) < 4.78 is 7.87. The van der Waals surface area contributed by atoms with E-state index in [0.717, 1.165) is 0 Å². The molecule has 0 spiro atoms. The molecule has 0 atom stereocenters. The smallest absolute Gasteiger partial charge is 0.295 e. The SMILES string of the molecule is N#COCOC=O. The molecule has 0 aliphatic carbocycles. The first-order chi connectivity index (χ1) is 3.41. The van der Waals surface area contributed by atoms with Crippen molar-refractivity contribution >= 4 is 6.47 Å². The van der Waals surface area contributed by atoms with Crippen LogP contribution in [0.2, 0.25) is 0 Å². The second-order valence-corrected chi connectivity index (χ2v) is 0.616. The Kier molecular flexibility index (Phi) is 3.92. The highest BCUT2D eigenvalue weighted by molar-refractivity contribution is 5.36. The van der Waals surface area contributed by atoms with Crippen molar-refractivity contribution in [3.05, 3.63) is 0 Å². The molecule has 0 amide bonds. The van der Waals surface area contributed by atoms with Gasteiger partial charge in [-0.05, 0) is 0 Å². The third-order valence-electron chi connectivity index (χ3n) is 0.260. The van der Waals surface area contributed by atoms with E-state index >= 15 is 0 Å². The lowest BCUT2D eigenvalue weighted by Gasteiger charge is -1.87. The van der Waals surface area contributed by atoms with Crippen molar-refractivity contribution in [2.45, 2.75) is 0 Å². The number of ether oxygens (including phenoxy) is 2. The molecule has 0 saturated carbocycles. The molecule has 0 aliphatic heterocycles. The van der Waals surface area contributed by atoms with Crippen LogP contribution in [0.5, 0.6) is 0 Å². The van der Waals surface area contributed by atoms with E-state index in [-0.39, 0.29) is 13.3 Å². The Hall–Kier alpha value is -1.24. The zero-order chi connectivity index (χ0) is 5.54. The number of nitriles is 1. The first-order valence-corrected chi connectivity index (χ1v) is 1.48. The highest BCUT2D eigenvalue weighted by Crippen LogP contribution is 1.66. The molecule has 0 fully saturated rings. The number of carbonyl (C=O) groups is 1. The Morgan fingerprint density at radius 2 is 2.57 bits per heavy atom. The lowest BCUT2D eigenvalue weighted by Crippen LogP contribution is -1.91. The molecule has 0 aromatic carbocycles. The van der Waals surface area contributed by atoms with E-state index in [0.29, 0.717) is 0 Å². The van der Waals surface area contributed by atoms with Gasteiger partial charge in [0.25, 0.3) is 12.7 Å². The van der Waals surface area contributed by atoms with Crippen LogP contribution in [0, 0.1) is 11.5 Å².